The fraction of sp³-hybridized carbons (Fsp3) is 0.438. The summed E-state index contributed by atoms with van der Waals surface area (Å²) < 4.78 is 5.37. The molecule has 0 N–H and O–H groups in total. The first-order valence-corrected chi connectivity index (χ1v) is 6.25. The van der Waals surface area contributed by atoms with Crippen molar-refractivity contribution in [2.75, 3.05) is 7.11 Å². The highest BCUT2D eigenvalue weighted by atomic mass is 16.5. The minimum atomic E-state index is 0.855. The van der Waals surface area contributed by atoms with Crippen LogP contribution in [0.4, 0.5) is 0 Å². The monoisotopic (exact) mass is 246 g/mol. The lowest BCUT2D eigenvalue weighted by atomic mass is 9.93. The molecule has 0 aliphatic rings. The van der Waals surface area contributed by atoms with Crippen LogP contribution in [0.1, 0.15) is 35.6 Å². The first-order chi connectivity index (χ1) is 8.51. The zero-order chi connectivity index (χ0) is 13.7. The van der Waals surface area contributed by atoms with Crippen LogP contribution in [0.15, 0.2) is 17.7 Å². The fourth-order valence-electron chi connectivity index (χ4n) is 2.22. The average molecular weight is 246 g/mol. The lowest BCUT2D eigenvalue weighted by Crippen LogP contribution is -2.00. The maximum atomic E-state index is 10.4. The minimum absolute atomic E-state index is 0.855. The van der Waals surface area contributed by atoms with E-state index in [-0.39, 0.29) is 0 Å². The predicted molar refractivity (Wildman–Crippen MR) is 75.3 cm³/mol. The van der Waals surface area contributed by atoms with Crippen molar-refractivity contribution in [2.45, 2.75) is 40.5 Å². The normalized spacial score (nSPS) is 11.5. The molecule has 0 unspecified atom stereocenters. The largest absolute Gasteiger partial charge is 0.496 e. The number of hydrogen-bond acceptors (Lipinski definition) is 2. The molecule has 98 valence electrons. The van der Waals surface area contributed by atoms with Crippen LogP contribution in [0.25, 0.3) is 0 Å². The number of benzene rings is 1. The summed E-state index contributed by atoms with van der Waals surface area (Å²) in [6.45, 7) is 8.34. The van der Waals surface area contributed by atoms with Crippen molar-refractivity contribution in [3.63, 3.8) is 0 Å². The van der Waals surface area contributed by atoms with Gasteiger partial charge in [0.25, 0.3) is 0 Å². The van der Waals surface area contributed by atoms with E-state index >= 15 is 0 Å². The van der Waals surface area contributed by atoms with Crippen molar-refractivity contribution < 1.29 is 9.53 Å². The summed E-state index contributed by atoms with van der Waals surface area (Å²) in [7, 11) is 1.71. The Morgan fingerprint density at radius 3 is 2.50 bits per heavy atom. The molecule has 0 heterocycles. The summed E-state index contributed by atoms with van der Waals surface area (Å²) in [6.07, 6.45) is 4.39. The maximum absolute atomic E-state index is 10.4. The highest BCUT2D eigenvalue weighted by Crippen LogP contribution is 2.28. The summed E-state index contributed by atoms with van der Waals surface area (Å²) in [5.41, 5.74) is 6.25. The molecule has 0 radical (unpaired) electrons. The Morgan fingerprint density at radius 1 is 1.28 bits per heavy atom. The van der Waals surface area contributed by atoms with Crippen molar-refractivity contribution in [3.05, 3.63) is 40.0 Å². The molecule has 0 saturated carbocycles. The number of aryl methyl sites for hydroxylation is 1. The first-order valence-electron chi connectivity index (χ1n) is 6.25. The molecule has 0 aliphatic heterocycles. The zero-order valence-electron chi connectivity index (χ0n) is 12.0. The van der Waals surface area contributed by atoms with E-state index in [9.17, 15) is 4.79 Å². The Hall–Kier alpha value is -1.57. The summed E-state index contributed by atoms with van der Waals surface area (Å²) in [6, 6.07) is 2.09. The van der Waals surface area contributed by atoms with Gasteiger partial charge < -0.3 is 4.74 Å². The van der Waals surface area contributed by atoms with E-state index in [1.54, 1.807) is 13.2 Å². The Morgan fingerprint density at radius 2 is 1.94 bits per heavy atom. The molecular formula is C16H22O2. The molecule has 2 nitrogen and oxygen atoms in total. The van der Waals surface area contributed by atoms with E-state index in [0.29, 0.717) is 0 Å². The molecule has 0 spiro atoms. The molecule has 0 aromatic heterocycles. The van der Waals surface area contributed by atoms with Crippen LogP contribution in [-0.4, -0.2) is 13.4 Å². The number of carbonyl (C=O) groups is 1. The van der Waals surface area contributed by atoms with Crippen LogP contribution >= 0.6 is 0 Å². The van der Waals surface area contributed by atoms with Crippen LogP contribution in [0.3, 0.4) is 0 Å². The van der Waals surface area contributed by atoms with Gasteiger partial charge in [0.15, 0.2) is 0 Å². The van der Waals surface area contributed by atoms with Gasteiger partial charge in [-0.25, -0.2) is 0 Å². The molecule has 0 fully saturated rings. The standard InChI is InChI=1S/C16H22O2/c1-11(8-9-17)6-7-15-12(2)10-16(18-5)14(4)13(15)3/h8-10H,6-7H2,1-5H3. The third-order valence-electron chi connectivity index (χ3n) is 3.55. The molecule has 2 heteroatoms. The lowest BCUT2D eigenvalue weighted by molar-refractivity contribution is -0.104. The van der Waals surface area contributed by atoms with Crippen molar-refractivity contribution in [1.82, 2.24) is 0 Å². The molecule has 18 heavy (non-hydrogen) atoms. The summed E-state index contributed by atoms with van der Waals surface area (Å²) in [5, 5.41) is 0. The number of ether oxygens (including phenoxy) is 1. The second-order valence-electron chi connectivity index (χ2n) is 4.77. The Balaban J connectivity index is 3.00. The second kappa shape index (κ2) is 6.39. The van der Waals surface area contributed by atoms with Gasteiger partial charge in [0, 0.05) is 0 Å². The number of aldehydes is 1. The highest BCUT2D eigenvalue weighted by molar-refractivity contribution is 5.65. The van der Waals surface area contributed by atoms with E-state index in [4.69, 9.17) is 4.74 Å². The Bertz CT molecular complexity index is 470. The van der Waals surface area contributed by atoms with Crippen LogP contribution in [0, 0.1) is 20.8 Å². The molecule has 1 aromatic rings. The Kier molecular flexibility index (Phi) is 5.14. The number of carbonyl (C=O) groups excluding carboxylic acids is 1. The van der Waals surface area contributed by atoms with Crippen molar-refractivity contribution in [2.24, 2.45) is 0 Å². The van der Waals surface area contributed by atoms with Crippen molar-refractivity contribution in [3.8, 4) is 5.75 Å². The van der Waals surface area contributed by atoms with E-state index in [1.807, 2.05) is 6.92 Å². The molecular weight excluding hydrogens is 224 g/mol. The molecule has 0 amide bonds. The fourth-order valence-corrected chi connectivity index (χ4v) is 2.22. The van der Waals surface area contributed by atoms with Crippen LogP contribution in [-0.2, 0) is 11.2 Å². The van der Waals surface area contributed by atoms with E-state index < -0.39 is 0 Å². The third-order valence-corrected chi connectivity index (χ3v) is 3.55. The quantitative estimate of drug-likeness (QED) is 0.585. The number of rotatable bonds is 5. The summed E-state index contributed by atoms with van der Waals surface area (Å²) in [4.78, 5) is 10.4. The number of hydrogen-bond donors (Lipinski definition) is 0. The van der Waals surface area contributed by atoms with Gasteiger partial charge in [-0.15, -0.1) is 0 Å². The summed E-state index contributed by atoms with van der Waals surface area (Å²) >= 11 is 0. The average Bonchev–Trinajstić information content (AvgIpc) is 2.34. The maximum Gasteiger partial charge on any atom is 0.142 e. The zero-order valence-corrected chi connectivity index (χ0v) is 12.0. The second-order valence-corrected chi connectivity index (χ2v) is 4.77. The smallest absolute Gasteiger partial charge is 0.142 e. The number of methoxy groups -OCH3 is 1. The highest BCUT2D eigenvalue weighted by Gasteiger charge is 2.10. The van der Waals surface area contributed by atoms with Crippen molar-refractivity contribution in [1.29, 1.82) is 0 Å². The molecule has 0 bridgehead atoms. The third kappa shape index (κ3) is 3.22. The van der Waals surface area contributed by atoms with Gasteiger partial charge in [-0.3, -0.25) is 4.79 Å². The summed E-state index contributed by atoms with van der Waals surface area (Å²) in [5.74, 6) is 0.953. The van der Waals surface area contributed by atoms with Gasteiger partial charge >= 0.3 is 0 Å². The van der Waals surface area contributed by atoms with Crippen LogP contribution < -0.4 is 4.74 Å². The molecule has 0 saturated heterocycles. The van der Waals surface area contributed by atoms with Gasteiger partial charge in [0.05, 0.1) is 7.11 Å². The molecule has 1 aromatic carbocycles. The van der Waals surface area contributed by atoms with Gasteiger partial charge in [-0.05, 0) is 74.9 Å². The first kappa shape index (κ1) is 14.5. The van der Waals surface area contributed by atoms with Crippen LogP contribution in [0.2, 0.25) is 0 Å². The molecule has 0 aliphatic carbocycles. The van der Waals surface area contributed by atoms with E-state index in [1.165, 1.54) is 22.3 Å². The van der Waals surface area contributed by atoms with Crippen molar-refractivity contribution >= 4 is 6.29 Å². The van der Waals surface area contributed by atoms with E-state index in [2.05, 4.69) is 26.8 Å². The van der Waals surface area contributed by atoms with Gasteiger partial charge in [0.2, 0.25) is 0 Å². The molecule has 0 atom stereocenters. The lowest BCUT2D eigenvalue weighted by Gasteiger charge is -2.16. The van der Waals surface area contributed by atoms with Gasteiger partial charge in [0.1, 0.15) is 12.0 Å². The van der Waals surface area contributed by atoms with Gasteiger partial charge in [-0.1, -0.05) is 5.57 Å². The number of allylic oxidation sites excluding steroid dienone is 2. The Labute approximate surface area is 110 Å². The van der Waals surface area contributed by atoms with E-state index in [0.717, 1.165) is 30.5 Å². The van der Waals surface area contributed by atoms with Gasteiger partial charge in [-0.2, -0.15) is 0 Å². The van der Waals surface area contributed by atoms with Crippen LogP contribution in [0.5, 0.6) is 5.75 Å². The predicted octanol–water partition coefficient (Wildman–Crippen LogP) is 3.70. The topological polar surface area (TPSA) is 26.3 Å². The SMILES string of the molecule is COc1cc(C)c(CCC(C)=CC=O)c(C)c1C. The molecule has 1 rings (SSSR count). The minimum Gasteiger partial charge on any atom is -0.496 e.